The molecule has 1 aliphatic heterocycles. The fourth-order valence-corrected chi connectivity index (χ4v) is 3.22. The van der Waals surface area contributed by atoms with E-state index in [0.29, 0.717) is 6.54 Å². The predicted octanol–water partition coefficient (Wildman–Crippen LogP) is 2.64. The molecule has 2 aromatic carbocycles. The molecule has 0 aromatic heterocycles. The molecular formula is C18H20N2O2. The summed E-state index contributed by atoms with van der Waals surface area (Å²) in [6.07, 6.45) is -0.0990. The quantitative estimate of drug-likeness (QED) is 0.911. The summed E-state index contributed by atoms with van der Waals surface area (Å²) in [5.74, 6) is 0.226. The fraction of sp³-hybridized carbons (Fsp3) is 0.278. The van der Waals surface area contributed by atoms with Crippen molar-refractivity contribution in [3.8, 4) is 0 Å². The summed E-state index contributed by atoms with van der Waals surface area (Å²) in [7, 11) is 0. The first kappa shape index (κ1) is 14.6. The average molecular weight is 296 g/mol. The van der Waals surface area contributed by atoms with Crippen molar-refractivity contribution < 1.29 is 9.53 Å². The summed E-state index contributed by atoms with van der Waals surface area (Å²) < 4.78 is 5.14. The Balaban J connectivity index is 1.86. The van der Waals surface area contributed by atoms with Crippen molar-refractivity contribution in [2.75, 3.05) is 6.54 Å². The molecule has 0 spiro atoms. The van der Waals surface area contributed by atoms with E-state index in [1.54, 1.807) is 0 Å². The summed E-state index contributed by atoms with van der Waals surface area (Å²) in [5, 5.41) is 3.48. The van der Waals surface area contributed by atoms with Gasteiger partial charge >= 0.3 is 6.09 Å². The molecule has 1 amide bonds. The normalized spacial score (nSPS) is 21.0. The molecule has 0 radical (unpaired) electrons. The molecular weight excluding hydrogens is 276 g/mol. The van der Waals surface area contributed by atoms with Crippen LogP contribution in [0.5, 0.6) is 0 Å². The molecule has 0 unspecified atom stereocenters. The number of primary amides is 1. The summed E-state index contributed by atoms with van der Waals surface area (Å²) in [5.41, 5.74) is 7.64. The van der Waals surface area contributed by atoms with Crippen molar-refractivity contribution in [2.24, 2.45) is 5.73 Å². The minimum Gasteiger partial charge on any atom is -0.445 e. The van der Waals surface area contributed by atoms with Gasteiger partial charge in [-0.2, -0.15) is 0 Å². The Hall–Kier alpha value is -2.33. The van der Waals surface area contributed by atoms with E-state index in [9.17, 15) is 4.79 Å². The number of hydrogen-bond acceptors (Lipinski definition) is 3. The van der Waals surface area contributed by atoms with Gasteiger partial charge in [0, 0.05) is 24.9 Å². The molecule has 4 nitrogen and oxygen atoms in total. The van der Waals surface area contributed by atoms with Crippen molar-refractivity contribution in [1.82, 2.24) is 5.32 Å². The van der Waals surface area contributed by atoms with Crippen molar-refractivity contribution >= 4 is 6.09 Å². The highest BCUT2D eigenvalue weighted by molar-refractivity contribution is 5.64. The summed E-state index contributed by atoms with van der Waals surface area (Å²) in [4.78, 5) is 10.9. The monoisotopic (exact) mass is 296 g/mol. The lowest BCUT2D eigenvalue weighted by molar-refractivity contribution is 0.115. The molecule has 4 heteroatoms. The number of rotatable bonds is 4. The molecule has 3 N–H and O–H groups in total. The Morgan fingerprint density at radius 1 is 1.05 bits per heavy atom. The molecule has 2 atom stereocenters. The lowest BCUT2D eigenvalue weighted by Crippen LogP contribution is -2.29. The Morgan fingerprint density at radius 2 is 1.59 bits per heavy atom. The van der Waals surface area contributed by atoms with Crippen LogP contribution in [0.4, 0.5) is 4.79 Å². The van der Waals surface area contributed by atoms with Crippen LogP contribution in [0.3, 0.4) is 0 Å². The van der Waals surface area contributed by atoms with E-state index in [1.807, 2.05) is 12.1 Å². The molecule has 114 valence electrons. The van der Waals surface area contributed by atoms with E-state index in [-0.39, 0.29) is 18.1 Å². The van der Waals surface area contributed by atoms with Crippen molar-refractivity contribution in [3.05, 3.63) is 71.8 Å². The van der Waals surface area contributed by atoms with Crippen LogP contribution >= 0.6 is 0 Å². The molecule has 3 rings (SSSR count). The predicted molar refractivity (Wildman–Crippen MR) is 85.6 cm³/mol. The number of amides is 1. The molecule has 0 aliphatic carbocycles. The molecule has 2 aromatic rings. The van der Waals surface area contributed by atoms with E-state index in [2.05, 4.69) is 53.8 Å². The van der Waals surface area contributed by atoms with Crippen LogP contribution in [-0.2, 0) is 4.74 Å². The number of ether oxygens (including phenoxy) is 1. The van der Waals surface area contributed by atoms with Crippen LogP contribution in [0.25, 0.3) is 0 Å². The number of hydrogen-bond donors (Lipinski definition) is 2. The van der Waals surface area contributed by atoms with E-state index >= 15 is 0 Å². The zero-order chi connectivity index (χ0) is 15.4. The summed E-state index contributed by atoms with van der Waals surface area (Å²) in [6, 6.07) is 21.0. The molecule has 1 fully saturated rings. The maximum absolute atomic E-state index is 10.9. The number of nitrogens with two attached hydrogens (primary N) is 1. The standard InChI is InChI=1S/C18H20N2O2/c19-18(21)22-15-11-16(20-12-15)17(13-7-3-1-4-8-13)14-9-5-2-6-10-14/h1-10,15-17,20H,11-12H2,(H2,19,21)/t15-,16-/m0/s1. The van der Waals surface area contributed by atoms with E-state index in [4.69, 9.17) is 10.5 Å². The zero-order valence-corrected chi connectivity index (χ0v) is 12.3. The van der Waals surface area contributed by atoms with Gasteiger partial charge in [-0.3, -0.25) is 0 Å². The van der Waals surface area contributed by atoms with E-state index in [1.165, 1.54) is 11.1 Å². The van der Waals surface area contributed by atoms with Crippen LogP contribution in [0, 0.1) is 0 Å². The first-order chi connectivity index (χ1) is 10.7. The number of nitrogens with one attached hydrogen (secondary N) is 1. The van der Waals surface area contributed by atoms with Crippen LogP contribution < -0.4 is 11.1 Å². The second-order valence-corrected chi connectivity index (χ2v) is 5.61. The van der Waals surface area contributed by atoms with Crippen LogP contribution in [0.15, 0.2) is 60.7 Å². The van der Waals surface area contributed by atoms with Crippen molar-refractivity contribution in [3.63, 3.8) is 0 Å². The third-order valence-corrected chi connectivity index (χ3v) is 4.13. The SMILES string of the molecule is NC(=O)O[C@@H]1CN[C@H](C(c2ccccc2)c2ccccc2)C1. The van der Waals surface area contributed by atoms with Gasteiger partial charge in [-0.25, -0.2) is 4.79 Å². The summed E-state index contributed by atoms with van der Waals surface area (Å²) >= 11 is 0. The van der Waals surface area contributed by atoms with Gasteiger partial charge in [0.2, 0.25) is 0 Å². The molecule has 0 saturated carbocycles. The van der Waals surface area contributed by atoms with Crippen LogP contribution in [-0.4, -0.2) is 24.8 Å². The molecule has 22 heavy (non-hydrogen) atoms. The van der Waals surface area contributed by atoms with Gasteiger partial charge in [0.15, 0.2) is 0 Å². The van der Waals surface area contributed by atoms with Gasteiger partial charge in [0.25, 0.3) is 0 Å². The van der Waals surface area contributed by atoms with Crippen molar-refractivity contribution in [2.45, 2.75) is 24.5 Å². The fourth-order valence-electron chi connectivity index (χ4n) is 3.22. The molecule has 0 bridgehead atoms. The van der Waals surface area contributed by atoms with Gasteiger partial charge in [0.05, 0.1) is 0 Å². The third-order valence-electron chi connectivity index (χ3n) is 4.13. The van der Waals surface area contributed by atoms with Gasteiger partial charge in [-0.15, -0.1) is 0 Å². The topological polar surface area (TPSA) is 64.4 Å². The molecule has 1 aliphatic rings. The highest BCUT2D eigenvalue weighted by atomic mass is 16.6. The Labute approximate surface area is 130 Å². The van der Waals surface area contributed by atoms with Gasteiger partial charge < -0.3 is 15.8 Å². The maximum Gasteiger partial charge on any atom is 0.404 e. The first-order valence-corrected chi connectivity index (χ1v) is 7.53. The lowest BCUT2D eigenvalue weighted by Gasteiger charge is -2.25. The first-order valence-electron chi connectivity index (χ1n) is 7.53. The van der Waals surface area contributed by atoms with Gasteiger partial charge in [0.1, 0.15) is 6.10 Å². The van der Waals surface area contributed by atoms with E-state index in [0.717, 1.165) is 6.42 Å². The largest absolute Gasteiger partial charge is 0.445 e. The number of carbonyl (C=O) groups is 1. The lowest BCUT2D eigenvalue weighted by atomic mass is 9.84. The molecule has 1 saturated heterocycles. The third kappa shape index (κ3) is 3.28. The van der Waals surface area contributed by atoms with E-state index < -0.39 is 6.09 Å². The van der Waals surface area contributed by atoms with Gasteiger partial charge in [-0.1, -0.05) is 60.7 Å². The maximum atomic E-state index is 10.9. The minimum absolute atomic E-state index is 0.155. The smallest absolute Gasteiger partial charge is 0.404 e. The van der Waals surface area contributed by atoms with Crippen LogP contribution in [0.1, 0.15) is 23.5 Å². The second-order valence-electron chi connectivity index (χ2n) is 5.61. The summed E-state index contributed by atoms with van der Waals surface area (Å²) in [6.45, 7) is 0.643. The highest BCUT2D eigenvalue weighted by Gasteiger charge is 2.33. The Bertz CT molecular complexity index is 576. The highest BCUT2D eigenvalue weighted by Crippen LogP contribution is 2.32. The van der Waals surface area contributed by atoms with Gasteiger partial charge in [-0.05, 0) is 11.1 Å². The van der Waals surface area contributed by atoms with Crippen molar-refractivity contribution in [1.29, 1.82) is 0 Å². The second kappa shape index (κ2) is 6.62. The average Bonchev–Trinajstić information content (AvgIpc) is 2.97. The Kier molecular flexibility index (Phi) is 4.39. The Morgan fingerprint density at radius 3 is 2.09 bits per heavy atom. The van der Waals surface area contributed by atoms with Crippen LogP contribution in [0.2, 0.25) is 0 Å². The molecule has 1 heterocycles. The zero-order valence-electron chi connectivity index (χ0n) is 12.3. The minimum atomic E-state index is -0.705. The number of carbonyl (C=O) groups excluding carboxylic acids is 1. The number of benzene rings is 2.